The molecule has 4 nitrogen and oxygen atoms in total. The Hall–Kier alpha value is -1.79. The van der Waals surface area contributed by atoms with Crippen LogP contribution in [0, 0.1) is 5.92 Å². The third-order valence-corrected chi connectivity index (χ3v) is 5.91. The molecule has 0 spiro atoms. The standard InChI is InChI=1S/C23H29BrN2O2S/c1-17(2)13-25-23(28)18(3)26(14-20-10-7-11-21(24)12-20)22(27)16-29-15-19-8-5-4-6-9-19/h4-12,17-18H,13-16H2,1-3H3,(H,25,28)/t18-/m0/s1. The molecule has 1 atom stereocenters. The largest absolute Gasteiger partial charge is 0.354 e. The van der Waals surface area contributed by atoms with E-state index in [1.807, 2.05) is 42.5 Å². The molecule has 0 heterocycles. The van der Waals surface area contributed by atoms with Crippen molar-refractivity contribution in [3.05, 3.63) is 70.2 Å². The van der Waals surface area contributed by atoms with Crippen molar-refractivity contribution in [2.45, 2.75) is 39.1 Å². The van der Waals surface area contributed by atoms with Crippen LogP contribution < -0.4 is 5.32 Å². The van der Waals surface area contributed by atoms with E-state index in [1.165, 1.54) is 5.56 Å². The van der Waals surface area contributed by atoms with Crippen LogP contribution in [0.4, 0.5) is 0 Å². The smallest absolute Gasteiger partial charge is 0.242 e. The predicted octanol–water partition coefficient (Wildman–Crippen LogP) is 4.87. The summed E-state index contributed by atoms with van der Waals surface area (Å²) >= 11 is 5.05. The van der Waals surface area contributed by atoms with E-state index in [4.69, 9.17) is 0 Å². The minimum atomic E-state index is -0.530. The van der Waals surface area contributed by atoms with Gasteiger partial charge in [-0.25, -0.2) is 0 Å². The van der Waals surface area contributed by atoms with Crippen molar-refractivity contribution in [1.82, 2.24) is 10.2 Å². The average molecular weight is 477 g/mol. The summed E-state index contributed by atoms with van der Waals surface area (Å²) in [6, 6.07) is 17.4. The van der Waals surface area contributed by atoms with Gasteiger partial charge in [0.1, 0.15) is 6.04 Å². The quantitative estimate of drug-likeness (QED) is 0.531. The minimum Gasteiger partial charge on any atom is -0.354 e. The number of nitrogens with zero attached hydrogens (tertiary/aromatic N) is 1. The zero-order valence-corrected chi connectivity index (χ0v) is 19.6. The Morgan fingerprint density at radius 1 is 1.03 bits per heavy atom. The van der Waals surface area contributed by atoms with Crippen LogP contribution in [0.25, 0.3) is 0 Å². The molecular weight excluding hydrogens is 448 g/mol. The first-order valence-corrected chi connectivity index (χ1v) is 11.7. The van der Waals surface area contributed by atoms with Gasteiger partial charge in [-0.2, -0.15) is 0 Å². The second-order valence-electron chi connectivity index (χ2n) is 7.44. The van der Waals surface area contributed by atoms with E-state index in [1.54, 1.807) is 23.6 Å². The van der Waals surface area contributed by atoms with Gasteiger partial charge in [-0.1, -0.05) is 72.2 Å². The number of carbonyl (C=O) groups excluding carboxylic acids is 2. The van der Waals surface area contributed by atoms with Crippen LogP contribution in [0.3, 0.4) is 0 Å². The molecule has 0 unspecified atom stereocenters. The SMILES string of the molecule is CC(C)CNC(=O)[C@H](C)N(Cc1cccc(Br)c1)C(=O)CSCc1ccccc1. The molecule has 0 aliphatic rings. The Balaban J connectivity index is 2.05. The highest BCUT2D eigenvalue weighted by Crippen LogP contribution is 2.18. The first-order chi connectivity index (χ1) is 13.9. The van der Waals surface area contributed by atoms with Crippen molar-refractivity contribution >= 4 is 39.5 Å². The van der Waals surface area contributed by atoms with E-state index in [0.717, 1.165) is 15.8 Å². The highest BCUT2D eigenvalue weighted by molar-refractivity contribution is 9.10. The molecule has 0 fully saturated rings. The number of hydrogen-bond donors (Lipinski definition) is 1. The topological polar surface area (TPSA) is 49.4 Å². The summed E-state index contributed by atoms with van der Waals surface area (Å²) in [7, 11) is 0. The van der Waals surface area contributed by atoms with Gasteiger partial charge in [0.15, 0.2) is 0 Å². The maximum Gasteiger partial charge on any atom is 0.242 e. The Morgan fingerprint density at radius 2 is 1.72 bits per heavy atom. The van der Waals surface area contributed by atoms with E-state index in [2.05, 4.69) is 47.2 Å². The van der Waals surface area contributed by atoms with Crippen molar-refractivity contribution in [1.29, 1.82) is 0 Å². The van der Waals surface area contributed by atoms with E-state index in [9.17, 15) is 9.59 Å². The Kier molecular flexibility index (Phi) is 9.74. The lowest BCUT2D eigenvalue weighted by atomic mass is 10.1. The zero-order chi connectivity index (χ0) is 21.2. The van der Waals surface area contributed by atoms with Crippen molar-refractivity contribution in [2.75, 3.05) is 12.3 Å². The third-order valence-electron chi connectivity index (χ3n) is 4.43. The maximum atomic E-state index is 13.0. The Labute approximate surface area is 186 Å². The lowest BCUT2D eigenvalue weighted by Crippen LogP contribution is -2.48. The fourth-order valence-electron chi connectivity index (χ4n) is 2.78. The van der Waals surface area contributed by atoms with Gasteiger partial charge in [0, 0.05) is 23.3 Å². The van der Waals surface area contributed by atoms with Gasteiger partial charge in [0.25, 0.3) is 0 Å². The number of amides is 2. The van der Waals surface area contributed by atoms with Crippen LogP contribution in [0.5, 0.6) is 0 Å². The molecule has 6 heteroatoms. The van der Waals surface area contributed by atoms with Gasteiger partial charge in [-0.05, 0) is 36.1 Å². The Bertz CT molecular complexity index is 798. The number of rotatable bonds is 10. The molecule has 2 aromatic rings. The molecule has 0 aliphatic carbocycles. The molecule has 0 bridgehead atoms. The maximum absolute atomic E-state index is 13.0. The summed E-state index contributed by atoms with van der Waals surface area (Å²) in [5.74, 6) is 1.32. The molecule has 0 saturated carbocycles. The highest BCUT2D eigenvalue weighted by atomic mass is 79.9. The molecule has 2 amide bonds. The van der Waals surface area contributed by atoms with Crippen molar-refractivity contribution in [3.8, 4) is 0 Å². The molecule has 1 N–H and O–H groups in total. The summed E-state index contributed by atoms with van der Waals surface area (Å²) in [6.07, 6.45) is 0. The van der Waals surface area contributed by atoms with Crippen LogP contribution in [-0.2, 0) is 21.9 Å². The van der Waals surface area contributed by atoms with Crippen LogP contribution in [0.2, 0.25) is 0 Å². The molecule has 156 valence electrons. The number of benzene rings is 2. The van der Waals surface area contributed by atoms with Gasteiger partial charge in [-0.15, -0.1) is 11.8 Å². The molecule has 2 aromatic carbocycles. The van der Waals surface area contributed by atoms with E-state index >= 15 is 0 Å². The lowest BCUT2D eigenvalue weighted by Gasteiger charge is -2.29. The number of carbonyl (C=O) groups is 2. The molecule has 0 aliphatic heterocycles. The molecule has 0 saturated heterocycles. The normalized spacial score (nSPS) is 11.9. The predicted molar refractivity (Wildman–Crippen MR) is 125 cm³/mol. The van der Waals surface area contributed by atoms with Gasteiger partial charge in [0.2, 0.25) is 11.8 Å². The molecule has 0 aromatic heterocycles. The molecule has 2 rings (SSSR count). The van der Waals surface area contributed by atoms with Gasteiger partial charge >= 0.3 is 0 Å². The zero-order valence-electron chi connectivity index (χ0n) is 17.2. The lowest BCUT2D eigenvalue weighted by molar-refractivity contribution is -0.138. The number of hydrogen-bond acceptors (Lipinski definition) is 3. The fourth-order valence-corrected chi connectivity index (χ4v) is 4.10. The monoisotopic (exact) mass is 476 g/mol. The summed E-state index contributed by atoms with van der Waals surface area (Å²) in [5, 5.41) is 2.95. The third kappa shape index (κ3) is 8.23. The van der Waals surface area contributed by atoms with Crippen LogP contribution in [0.1, 0.15) is 31.9 Å². The summed E-state index contributed by atoms with van der Waals surface area (Å²) in [4.78, 5) is 27.3. The van der Waals surface area contributed by atoms with Crippen molar-refractivity contribution in [3.63, 3.8) is 0 Å². The second-order valence-corrected chi connectivity index (χ2v) is 9.35. The van der Waals surface area contributed by atoms with E-state index in [0.29, 0.717) is 24.8 Å². The first-order valence-electron chi connectivity index (χ1n) is 9.80. The van der Waals surface area contributed by atoms with E-state index in [-0.39, 0.29) is 11.8 Å². The van der Waals surface area contributed by atoms with Crippen LogP contribution >= 0.6 is 27.7 Å². The average Bonchev–Trinajstić information content (AvgIpc) is 2.70. The summed E-state index contributed by atoms with van der Waals surface area (Å²) < 4.78 is 0.956. The van der Waals surface area contributed by atoms with Gasteiger partial charge in [0.05, 0.1) is 5.75 Å². The second kappa shape index (κ2) is 12.0. The molecular formula is C23H29BrN2O2S. The van der Waals surface area contributed by atoms with Crippen molar-refractivity contribution in [2.24, 2.45) is 5.92 Å². The number of thioether (sulfide) groups is 1. The van der Waals surface area contributed by atoms with Gasteiger partial charge < -0.3 is 10.2 Å². The minimum absolute atomic E-state index is 0.0295. The van der Waals surface area contributed by atoms with E-state index < -0.39 is 6.04 Å². The molecule has 29 heavy (non-hydrogen) atoms. The first kappa shape index (κ1) is 23.5. The van der Waals surface area contributed by atoms with Crippen LogP contribution in [-0.4, -0.2) is 35.1 Å². The van der Waals surface area contributed by atoms with Gasteiger partial charge in [-0.3, -0.25) is 9.59 Å². The number of halogens is 1. The highest BCUT2D eigenvalue weighted by Gasteiger charge is 2.26. The van der Waals surface area contributed by atoms with Crippen molar-refractivity contribution < 1.29 is 9.59 Å². The number of nitrogens with one attached hydrogen (secondary N) is 1. The summed E-state index contributed by atoms with van der Waals surface area (Å²) in [6.45, 7) is 6.91. The van der Waals surface area contributed by atoms with Crippen LogP contribution in [0.15, 0.2) is 59.1 Å². The summed E-state index contributed by atoms with van der Waals surface area (Å²) in [5.41, 5.74) is 2.18. The molecule has 0 radical (unpaired) electrons. The fraction of sp³-hybridized carbons (Fsp3) is 0.391. The Morgan fingerprint density at radius 3 is 2.38 bits per heavy atom.